The number of amides is 1. The molecule has 2 heterocycles. The number of benzene rings is 1. The van der Waals surface area contributed by atoms with Crippen LogP contribution in [-0.2, 0) is 16.4 Å². The molecule has 2 aliphatic heterocycles. The first-order chi connectivity index (χ1) is 12.4. The Labute approximate surface area is 180 Å². The van der Waals surface area contributed by atoms with Crippen molar-refractivity contribution < 1.29 is 13.2 Å². The molecule has 0 unspecified atom stereocenters. The molecule has 1 aromatic carbocycles. The average molecular weight is 452 g/mol. The largest absolute Gasteiger partial charge is 0.351 e. The van der Waals surface area contributed by atoms with Crippen molar-refractivity contribution in [2.24, 2.45) is 5.41 Å². The molecule has 0 aromatic heterocycles. The molecule has 2 saturated heterocycles. The fourth-order valence-electron chi connectivity index (χ4n) is 3.58. The van der Waals surface area contributed by atoms with Gasteiger partial charge in [-0.3, -0.25) is 9.69 Å². The number of halogens is 2. The molecule has 2 N–H and O–H groups in total. The maximum Gasteiger partial charge on any atom is 0.251 e. The van der Waals surface area contributed by atoms with E-state index >= 15 is 0 Å². The molecular formula is C19H31Cl2N3O3S. The van der Waals surface area contributed by atoms with Crippen LogP contribution in [0.4, 0.5) is 0 Å². The second-order valence-electron chi connectivity index (χ2n) is 7.87. The minimum absolute atomic E-state index is 0. The SMILES string of the molecule is CC1(CNC(=O)c2cccc(CN3CCS(=O)(=O)CC3)c2)CCNCC1.Cl.Cl. The van der Waals surface area contributed by atoms with E-state index in [2.05, 4.69) is 22.5 Å². The maximum atomic E-state index is 12.5. The van der Waals surface area contributed by atoms with Gasteiger partial charge in [-0.25, -0.2) is 8.42 Å². The molecule has 0 saturated carbocycles. The molecule has 0 atom stereocenters. The van der Waals surface area contributed by atoms with Gasteiger partial charge in [0, 0.05) is 31.7 Å². The lowest BCUT2D eigenvalue weighted by Crippen LogP contribution is -2.43. The number of carbonyl (C=O) groups excluding carboxylic acids is 1. The summed E-state index contributed by atoms with van der Waals surface area (Å²) >= 11 is 0. The van der Waals surface area contributed by atoms with Crippen LogP contribution in [0.5, 0.6) is 0 Å². The van der Waals surface area contributed by atoms with Crippen LogP contribution >= 0.6 is 24.8 Å². The third kappa shape index (κ3) is 7.19. The Morgan fingerprint density at radius 3 is 2.46 bits per heavy atom. The van der Waals surface area contributed by atoms with Crippen LogP contribution in [0.3, 0.4) is 0 Å². The predicted molar refractivity (Wildman–Crippen MR) is 117 cm³/mol. The number of nitrogens with zero attached hydrogens (tertiary/aromatic N) is 1. The van der Waals surface area contributed by atoms with Gasteiger partial charge in [-0.05, 0) is 49.0 Å². The summed E-state index contributed by atoms with van der Waals surface area (Å²) in [6.45, 7) is 6.74. The predicted octanol–water partition coefficient (Wildman–Crippen LogP) is 1.88. The molecule has 2 fully saturated rings. The zero-order valence-corrected chi connectivity index (χ0v) is 18.7. The van der Waals surface area contributed by atoms with Crippen LogP contribution in [0.25, 0.3) is 0 Å². The van der Waals surface area contributed by atoms with Gasteiger partial charge in [0.25, 0.3) is 5.91 Å². The van der Waals surface area contributed by atoms with Gasteiger partial charge in [0.15, 0.2) is 9.84 Å². The molecule has 0 spiro atoms. The van der Waals surface area contributed by atoms with E-state index in [0.717, 1.165) is 31.5 Å². The van der Waals surface area contributed by atoms with E-state index in [1.54, 1.807) is 0 Å². The van der Waals surface area contributed by atoms with Crippen molar-refractivity contribution in [2.75, 3.05) is 44.2 Å². The lowest BCUT2D eigenvalue weighted by atomic mass is 9.81. The summed E-state index contributed by atoms with van der Waals surface area (Å²) in [5.74, 6) is 0.411. The molecule has 3 rings (SSSR count). The van der Waals surface area contributed by atoms with Gasteiger partial charge in [-0.15, -0.1) is 24.8 Å². The summed E-state index contributed by atoms with van der Waals surface area (Å²) in [4.78, 5) is 14.7. The molecule has 1 aromatic rings. The Hall–Kier alpha value is -0.860. The van der Waals surface area contributed by atoms with Gasteiger partial charge in [-0.1, -0.05) is 19.1 Å². The number of hydrogen-bond donors (Lipinski definition) is 2. The smallest absolute Gasteiger partial charge is 0.251 e. The molecule has 0 radical (unpaired) electrons. The van der Waals surface area contributed by atoms with E-state index < -0.39 is 9.84 Å². The first-order valence-corrected chi connectivity index (χ1v) is 11.2. The van der Waals surface area contributed by atoms with Gasteiger partial charge >= 0.3 is 0 Å². The first-order valence-electron chi connectivity index (χ1n) is 9.36. The summed E-state index contributed by atoms with van der Waals surface area (Å²) in [5.41, 5.74) is 1.88. The lowest BCUT2D eigenvalue weighted by Gasteiger charge is -2.34. The van der Waals surface area contributed by atoms with E-state index in [1.807, 2.05) is 24.3 Å². The minimum atomic E-state index is -2.86. The van der Waals surface area contributed by atoms with Crippen molar-refractivity contribution in [3.8, 4) is 0 Å². The molecule has 0 aliphatic carbocycles. The van der Waals surface area contributed by atoms with Crippen LogP contribution in [-0.4, -0.2) is 63.5 Å². The number of rotatable bonds is 5. The molecule has 1 amide bonds. The van der Waals surface area contributed by atoms with Gasteiger partial charge < -0.3 is 10.6 Å². The van der Waals surface area contributed by atoms with Crippen molar-refractivity contribution in [2.45, 2.75) is 26.3 Å². The van der Waals surface area contributed by atoms with Crippen LogP contribution in [0.15, 0.2) is 24.3 Å². The average Bonchev–Trinajstić information content (AvgIpc) is 2.62. The summed E-state index contributed by atoms with van der Waals surface area (Å²) in [5, 5.41) is 6.45. The van der Waals surface area contributed by atoms with Crippen molar-refractivity contribution in [3.63, 3.8) is 0 Å². The highest BCUT2D eigenvalue weighted by Crippen LogP contribution is 2.26. The minimum Gasteiger partial charge on any atom is -0.351 e. The van der Waals surface area contributed by atoms with E-state index in [9.17, 15) is 13.2 Å². The molecule has 9 heteroatoms. The molecule has 2 aliphatic rings. The maximum absolute atomic E-state index is 12.5. The third-order valence-electron chi connectivity index (χ3n) is 5.52. The van der Waals surface area contributed by atoms with Gasteiger partial charge in [0.2, 0.25) is 0 Å². The fourth-order valence-corrected chi connectivity index (χ4v) is 4.86. The lowest BCUT2D eigenvalue weighted by molar-refractivity contribution is 0.0922. The van der Waals surface area contributed by atoms with Crippen LogP contribution < -0.4 is 10.6 Å². The molecule has 6 nitrogen and oxygen atoms in total. The van der Waals surface area contributed by atoms with Gasteiger partial charge in [0.1, 0.15) is 0 Å². The number of hydrogen-bond acceptors (Lipinski definition) is 5. The zero-order valence-electron chi connectivity index (χ0n) is 16.3. The Bertz CT molecular complexity index is 739. The highest BCUT2D eigenvalue weighted by Gasteiger charge is 2.27. The number of nitrogens with one attached hydrogen (secondary N) is 2. The Morgan fingerprint density at radius 2 is 1.82 bits per heavy atom. The molecule has 28 heavy (non-hydrogen) atoms. The second kappa shape index (κ2) is 10.8. The second-order valence-corrected chi connectivity index (χ2v) is 10.2. The third-order valence-corrected chi connectivity index (χ3v) is 7.13. The number of piperidine rings is 1. The number of sulfone groups is 1. The van der Waals surface area contributed by atoms with E-state index in [-0.39, 0.29) is 47.6 Å². The van der Waals surface area contributed by atoms with Crippen molar-refractivity contribution in [1.82, 2.24) is 15.5 Å². The van der Waals surface area contributed by atoms with Gasteiger partial charge in [0.05, 0.1) is 11.5 Å². The Kier molecular flexibility index (Phi) is 9.70. The van der Waals surface area contributed by atoms with E-state index in [4.69, 9.17) is 0 Å². The Balaban J connectivity index is 0.00000196. The normalized spacial score (nSPS) is 21.0. The highest BCUT2D eigenvalue weighted by atomic mass is 35.5. The van der Waals surface area contributed by atoms with Crippen LogP contribution in [0.1, 0.15) is 35.7 Å². The highest BCUT2D eigenvalue weighted by molar-refractivity contribution is 7.91. The van der Waals surface area contributed by atoms with Crippen LogP contribution in [0.2, 0.25) is 0 Å². The Morgan fingerprint density at radius 1 is 1.18 bits per heavy atom. The summed E-state index contributed by atoms with van der Waals surface area (Å²) in [7, 11) is -2.86. The topological polar surface area (TPSA) is 78.5 Å². The number of carbonyl (C=O) groups is 1. The molecule has 160 valence electrons. The molecular weight excluding hydrogens is 421 g/mol. The van der Waals surface area contributed by atoms with E-state index in [1.165, 1.54) is 0 Å². The molecule has 0 bridgehead atoms. The summed E-state index contributed by atoms with van der Waals surface area (Å²) in [6, 6.07) is 7.65. The fraction of sp³-hybridized carbons (Fsp3) is 0.632. The van der Waals surface area contributed by atoms with Crippen molar-refractivity contribution in [1.29, 1.82) is 0 Å². The van der Waals surface area contributed by atoms with Crippen molar-refractivity contribution >= 4 is 40.6 Å². The van der Waals surface area contributed by atoms with Gasteiger partial charge in [-0.2, -0.15) is 0 Å². The first kappa shape index (κ1) is 25.2. The summed E-state index contributed by atoms with van der Waals surface area (Å²) in [6.07, 6.45) is 2.15. The quantitative estimate of drug-likeness (QED) is 0.714. The monoisotopic (exact) mass is 451 g/mol. The summed E-state index contributed by atoms with van der Waals surface area (Å²) < 4.78 is 23.1. The van der Waals surface area contributed by atoms with E-state index in [0.29, 0.717) is 31.7 Å². The van der Waals surface area contributed by atoms with Crippen LogP contribution in [0, 0.1) is 5.41 Å². The zero-order chi connectivity index (χ0) is 18.6. The standard InChI is InChI=1S/C19H29N3O3S.2ClH/c1-19(5-7-20-8-6-19)15-21-18(23)17-4-2-3-16(13-17)14-22-9-11-26(24,25)12-10-22;;/h2-4,13,20H,5-12,14-15H2,1H3,(H,21,23);2*1H. The van der Waals surface area contributed by atoms with Crippen molar-refractivity contribution in [3.05, 3.63) is 35.4 Å².